The molecule has 2 atom stereocenters. The van der Waals surface area contributed by atoms with Gasteiger partial charge in [0.15, 0.2) is 0 Å². The van der Waals surface area contributed by atoms with Gasteiger partial charge < -0.3 is 5.11 Å². The van der Waals surface area contributed by atoms with Crippen molar-refractivity contribution in [2.75, 3.05) is 0 Å². The van der Waals surface area contributed by atoms with Crippen molar-refractivity contribution >= 4 is 5.97 Å². The fourth-order valence-corrected chi connectivity index (χ4v) is 2.08. The molecule has 1 N–H and O–H groups in total. The number of carboxylic acid groups (broad SMARTS) is 1. The van der Waals surface area contributed by atoms with E-state index in [-0.39, 0.29) is 5.92 Å². The zero-order valence-electron chi connectivity index (χ0n) is 7.05. The zero-order valence-corrected chi connectivity index (χ0v) is 7.05. The summed E-state index contributed by atoms with van der Waals surface area (Å²) in [5.41, 5.74) is 0. The first kappa shape index (κ1) is 8.57. The van der Waals surface area contributed by atoms with Crippen LogP contribution in [0, 0.1) is 11.8 Å². The number of aliphatic carboxylic acids is 1. The van der Waals surface area contributed by atoms with Gasteiger partial charge in [0.1, 0.15) is 0 Å². The van der Waals surface area contributed by atoms with Crippen molar-refractivity contribution in [3.05, 3.63) is 0 Å². The zero-order chi connectivity index (χ0) is 8.27. The molecule has 1 aliphatic rings. The van der Waals surface area contributed by atoms with Crippen LogP contribution in [0.25, 0.3) is 0 Å². The van der Waals surface area contributed by atoms with Gasteiger partial charge in [-0.2, -0.15) is 0 Å². The van der Waals surface area contributed by atoms with Crippen LogP contribution >= 0.6 is 0 Å². The predicted molar refractivity (Wildman–Crippen MR) is 43.4 cm³/mol. The van der Waals surface area contributed by atoms with Gasteiger partial charge in [0.25, 0.3) is 0 Å². The van der Waals surface area contributed by atoms with Gasteiger partial charge in [0.05, 0.1) is 5.92 Å². The highest BCUT2D eigenvalue weighted by Gasteiger charge is 2.31. The van der Waals surface area contributed by atoms with E-state index in [0.29, 0.717) is 5.92 Å². The van der Waals surface area contributed by atoms with Crippen molar-refractivity contribution in [2.45, 2.75) is 39.0 Å². The fourth-order valence-electron chi connectivity index (χ4n) is 2.08. The molecule has 1 fully saturated rings. The SMILES string of the molecule is CCC[C@@H]1CCC[C@@H]1C(=O)O. The number of hydrogen-bond acceptors (Lipinski definition) is 1. The molecule has 11 heavy (non-hydrogen) atoms. The van der Waals surface area contributed by atoms with Gasteiger partial charge in [-0.3, -0.25) is 4.79 Å². The second kappa shape index (κ2) is 3.74. The summed E-state index contributed by atoms with van der Waals surface area (Å²) in [6, 6.07) is 0. The van der Waals surface area contributed by atoms with Crippen LogP contribution in [0.3, 0.4) is 0 Å². The van der Waals surface area contributed by atoms with Gasteiger partial charge in [-0.1, -0.05) is 19.8 Å². The Morgan fingerprint density at radius 3 is 2.82 bits per heavy atom. The van der Waals surface area contributed by atoms with E-state index >= 15 is 0 Å². The smallest absolute Gasteiger partial charge is 0.306 e. The monoisotopic (exact) mass is 156 g/mol. The lowest BCUT2D eigenvalue weighted by Crippen LogP contribution is -2.17. The van der Waals surface area contributed by atoms with Crippen molar-refractivity contribution in [1.29, 1.82) is 0 Å². The topological polar surface area (TPSA) is 37.3 Å². The summed E-state index contributed by atoms with van der Waals surface area (Å²) in [6.07, 6.45) is 5.36. The molecule has 2 heteroatoms. The summed E-state index contributed by atoms with van der Waals surface area (Å²) in [7, 11) is 0. The summed E-state index contributed by atoms with van der Waals surface area (Å²) in [5, 5.41) is 8.81. The van der Waals surface area contributed by atoms with Crippen molar-refractivity contribution < 1.29 is 9.90 Å². The van der Waals surface area contributed by atoms with E-state index in [0.717, 1.165) is 32.1 Å². The average molecular weight is 156 g/mol. The van der Waals surface area contributed by atoms with Crippen LogP contribution in [0.1, 0.15) is 39.0 Å². The highest BCUT2D eigenvalue weighted by molar-refractivity contribution is 5.70. The molecule has 0 bridgehead atoms. The van der Waals surface area contributed by atoms with Crippen LogP contribution in [0.15, 0.2) is 0 Å². The molecule has 0 heterocycles. The molecule has 1 rings (SSSR count). The van der Waals surface area contributed by atoms with Crippen LogP contribution in [0.2, 0.25) is 0 Å². The van der Waals surface area contributed by atoms with Crippen molar-refractivity contribution in [3.8, 4) is 0 Å². The standard InChI is InChI=1S/C9H16O2/c1-2-4-7-5-3-6-8(7)9(10)11/h7-8H,2-6H2,1H3,(H,10,11)/t7-,8+/m1/s1. The third-order valence-corrected chi connectivity index (χ3v) is 2.64. The molecule has 0 aromatic carbocycles. The predicted octanol–water partition coefficient (Wildman–Crippen LogP) is 2.29. The Hall–Kier alpha value is -0.530. The van der Waals surface area contributed by atoms with E-state index in [1.165, 1.54) is 0 Å². The molecular formula is C9H16O2. The molecule has 0 radical (unpaired) electrons. The van der Waals surface area contributed by atoms with E-state index in [9.17, 15) is 4.79 Å². The normalized spacial score (nSPS) is 30.6. The first-order chi connectivity index (χ1) is 5.25. The maximum Gasteiger partial charge on any atom is 0.306 e. The van der Waals surface area contributed by atoms with Gasteiger partial charge >= 0.3 is 5.97 Å². The van der Waals surface area contributed by atoms with Crippen molar-refractivity contribution in [3.63, 3.8) is 0 Å². The average Bonchev–Trinajstić information content (AvgIpc) is 2.36. The van der Waals surface area contributed by atoms with Crippen molar-refractivity contribution in [2.24, 2.45) is 11.8 Å². The van der Waals surface area contributed by atoms with E-state index in [1.54, 1.807) is 0 Å². The molecule has 0 unspecified atom stereocenters. The number of carboxylic acids is 1. The van der Waals surface area contributed by atoms with Crippen molar-refractivity contribution in [1.82, 2.24) is 0 Å². The summed E-state index contributed by atoms with van der Waals surface area (Å²) < 4.78 is 0. The minimum atomic E-state index is -0.582. The highest BCUT2D eigenvalue weighted by Crippen LogP contribution is 2.34. The Labute approximate surface area is 67.6 Å². The molecule has 0 aromatic heterocycles. The molecule has 0 aliphatic heterocycles. The molecule has 1 saturated carbocycles. The van der Waals surface area contributed by atoms with Crippen LogP contribution in [0.5, 0.6) is 0 Å². The maximum absolute atomic E-state index is 10.7. The third-order valence-electron chi connectivity index (χ3n) is 2.64. The van der Waals surface area contributed by atoms with Gasteiger partial charge in [0.2, 0.25) is 0 Å². The third kappa shape index (κ3) is 1.95. The summed E-state index contributed by atoms with van der Waals surface area (Å²) >= 11 is 0. The largest absolute Gasteiger partial charge is 0.481 e. The van der Waals surface area contributed by atoms with E-state index in [4.69, 9.17) is 5.11 Å². The Balaban J connectivity index is 2.44. The fraction of sp³-hybridized carbons (Fsp3) is 0.889. The van der Waals surface area contributed by atoms with Crippen LogP contribution in [-0.4, -0.2) is 11.1 Å². The van der Waals surface area contributed by atoms with Crippen LogP contribution < -0.4 is 0 Å². The van der Waals surface area contributed by atoms with E-state index in [1.807, 2.05) is 0 Å². The first-order valence-corrected chi connectivity index (χ1v) is 4.48. The van der Waals surface area contributed by atoms with Crippen LogP contribution in [0.4, 0.5) is 0 Å². The summed E-state index contributed by atoms with van der Waals surface area (Å²) in [5.74, 6) is -0.145. The summed E-state index contributed by atoms with van der Waals surface area (Å²) in [6.45, 7) is 2.12. The Morgan fingerprint density at radius 2 is 2.27 bits per heavy atom. The maximum atomic E-state index is 10.7. The van der Waals surface area contributed by atoms with E-state index < -0.39 is 5.97 Å². The van der Waals surface area contributed by atoms with Gasteiger partial charge in [-0.05, 0) is 25.2 Å². The van der Waals surface area contributed by atoms with Gasteiger partial charge in [-0.25, -0.2) is 0 Å². The van der Waals surface area contributed by atoms with Gasteiger partial charge in [-0.15, -0.1) is 0 Å². The lowest BCUT2D eigenvalue weighted by molar-refractivity contribution is -0.143. The molecular weight excluding hydrogens is 140 g/mol. The van der Waals surface area contributed by atoms with Gasteiger partial charge in [0, 0.05) is 0 Å². The molecule has 0 amide bonds. The highest BCUT2D eigenvalue weighted by atomic mass is 16.4. The number of rotatable bonds is 3. The number of carbonyl (C=O) groups is 1. The minimum Gasteiger partial charge on any atom is -0.481 e. The summed E-state index contributed by atoms with van der Waals surface area (Å²) in [4.78, 5) is 10.7. The Morgan fingerprint density at radius 1 is 1.55 bits per heavy atom. The quantitative estimate of drug-likeness (QED) is 0.680. The number of hydrogen-bond donors (Lipinski definition) is 1. The lowest BCUT2D eigenvalue weighted by Gasteiger charge is -2.13. The molecule has 2 nitrogen and oxygen atoms in total. The molecule has 1 aliphatic carbocycles. The Kier molecular flexibility index (Phi) is 2.92. The molecule has 64 valence electrons. The minimum absolute atomic E-state index is 0.0325. The molecule has 0 spiro atoms. The first-order valence-electron chi connectivity index (χ1n) is 4.48. The lowest BCUT2D eigenvalue weighted by atomic mass is 9.92. The van der Waals surface area contributed by atoms with E-state index in [2.05, 4.69) is 6.92 Å². The Bertz CT molecular complexity index is 142. The van der Waals surface area contributed by atoms with Crippen LogP contribution in [-0.2, 0) is 4.79 Å². The second-order valence-electron chi connectivity index (χ2n) is 3.42. The molecule has 0 saturated heterocycles. The molecule has 0 aromatic rings. The second-order valence-corrected chi connectivity index (χ2v) is 3.42.